The van der Waals surface area contributed by atoms with E-state index in [4.69, 9.17) is 5.73 Å². The Morgan fingerprint density at radius 3 is 1.67 bits per heavy atom. The Kier molecular flexibility index (Phi) is 2.70. The normalized spacial score (nSPS) is 17.3. The highest BCUT2D eigenvalue weighted by Crippen LogP contribution is 2.04. The van der Waals surface area contributed by atoms with Gasteiger partial charge in [-0.15, -0.1) is 0 Å². The highest BCUT2D eigenvalue weighted by molar-refractivity contribution is 7.98. The maximum absolute atomic E-state index is 9.74. The molecule has 1 aliphatic heterocycles. The van der Waals surface area contributed by atoms with Crippen LogP contribution in [0, 0.1) is 0 Å². The van der Waals surface area contributed by atoms with Gasteiger partial charge in [-0.25, -0.2) is 8.42 Å². The Labute approximate surface area is 72.1 Å². The van der Waals surface area contributed by atoms with Gasteiger partial charge in [0.15, 0.2) is 9.84 Å². The van der Waals surface area contributed by atoms with E-state index in [2.05, 4.69) is 0 Å². The summed E-state index contributed by atoms with van der Waals surface area (Å²) in [5.41, 5.74) is 6.18. The van der Waals surface area contributed by atoms with Crippen molar-refractivity contribution >= 4 is 15.5 Å². The Hall–Kier alpha value is -1.03. The standard InChI is InChI=1S/C6H7N.C2H4O2S/c7-6-4-2-1-3-5-6;3-5(4)1-2-5/h1-5H,7H2;1-2H2. The van der Waals surface area contributed by atoms with Crippen LogP contribution in [0.1, 0.15) is 0 Å². The molecule has 0 bridgehead atoms. The summed E-state index contributed by atoms with van der Waals surface area (Å²) in [6.45, 7) is 0. The third kappa shape index (κ3) is 3.98. The van der Waals surface area contributed by atoms with Crippen molar-refractivity contribution in [2.75, 3.05) is 17.2 Å². The van der Waals surface area contributed by atoms with E-state index in [9.17, 15) is 8.42 Å². The molecule has 4 heteroatoms. The van der Waals surface area contributed by atoms with E-state index in [1.54, 1.807) is 0 Å². The summed E-state index contributed by atoms with van der Waals surface area (Å²) in [6, 6.07) is 9.49. The van der Waals surface area contributed by atoms with Gasteiger partial charge < -0.3 is 5.73 Å². The summed E-state index contributed by atoms with van der Waals surface area (Å²) < 4.78 is 19.5. The predicted octanol–water partition coefficient (Wildman–Crippen LogP) is 0.684. The molecule has 1 fully saturated rings. The average Bonchev–Trinajstić information content (AvgIpc) is 2.69. The molecule has 0 spiro atoms. The maximum Gasteiger partial charge on any atom is 0.152 e. The number of nitrogen functional groups attached to an aromatic ring is 1. The van der Waals surface area contributed by atoms with E-state index >= 15 is 0 Å². The van der Waals surface area contributed by atoms with Gasteiger partial charge in [0.1, 0.15) is 0 Å². The minimum absolute atomic E-state index is 0.424. The van der Waals surface area contributed by atoms with Gasteiger partial charge in [-0.1, -0.05) is 18.2 Å². The van der Waals surface area contributed by atoms with E-state index in [0.717, 1.165) is 5.69 Å². The largest absolute Gasteiger partial charge is 0.399 e. The number of benzene rings is 1. The molecule has 66 valence electrons. The second-order valence-corrected chi connectivity index (χ2v) is 4.87. The second-order valence-electron chi connectivity index (χ2n) is 2.56. The lowest BCUT2D eigenvalue weighted by atomic mass is 10.3. The molecule has 0 amide bonds. The third-order valence-corrected chi connectivity index (χ3v) is 2.41. The van der Waals surface area contributed by atoms with E-state index < -0.39 is 9.84 Å². The van der Waals surface area contributed by atoms with Crippen molar-refractivity contribution in [1.82, 2.24) is 0 Å². The lowest BCUT2D eigenvalue weighted by Gasteiger charge is -1.83. The lowest BCUT2D eigenvalue weighted by molar-refractivity contribution is 0.615. The first-order valence-corrected chi connectivity index (χ1v) is 5.43. The number of hydrogen-bond acceptors (Lipinski definition) is 3. The number of rotatable bonds is 0. The van der Waals surface area contributed by atoms with Crippen LogP contribution in [0.5, 0.6) is 0 Å². The zero-order valence-corrected chi connectivity index (χ0v) is 7.42. The van der Waals surface area contributed by atoms with E-state index in [1.165, 1.54) is 0 Å². The number of hydrogen-bond donors (Lipinski definition) is 1. The van der Waals surface area contributed by atoms with Gasteiger partial charge in [-0.05, 0) is 12.1 Å². The van der Waals surface area contributed by atoms with Crippen LogP contribution in [0.4, 0.5) is 5.69 Å². The molecule has 0 radical (unpaired) electrons. The fourth-order valence-corrected chi connectivity index (χ4v) is 1.07. The summed E-state index contributed by atoms with van der Waals surface area (Å²) in [4.78, 5) is 0. The van der Waals surface area contributed by atoms with Crippen molar-refractivity contribution in [1.29, 1.82) is 0 Å². The van der Waals surface area contributed by atoms with Crippen LogP contribution >= 0.6 is 0 Å². The van der Waals surface area contributed by atoms with Gasteiger partial charge in [0, 0.05) is 5.69 Å². The smallest absolute Gasteiger partial charge is 0.152 e. The summed E-state index contributed by atoms with van der Waals surface area (Å²) >= 11 is 0. The predicted molar refractivity (Wildman–Crippen MR) is 49.5 cm³/mol. The van der Waals surface area contributed by atoms with E-state index in [0.29, 0.717) is 11.5 Å². The van der Waals surface area contributed by atoms with Crippen LogP contribution in [0.25, 0.3) is 0 Å². The molecular formula is C8H11NO2S. The van der Waals surface area contributed by atoms with Crippen molar-refractivity contribution in [3.8, 4) is 0 Å². The van der Waals surface area contributed by atoms with Gasteiger partial charge in [-0.3, -0.25) is 0 Å². The van der Waals surface area contributed by atoms with Crippen LogP contribution in [0.2, 0.25) is 0 Å². The first kappa shape index (κ1) is 9.06. The quantitative estimate of drug-likeness (QED) is 0.477. The lowest BCUT2D eigenvalue weighted by Crippen LogP contribution is -1.79. The Bertz CT molecular complexity index is 321. The Balaban J connectivity index is 0.000000127. The molecule has 1 heterocycles. The fraction of sp³-hybridized carbons (Fsp3) is 0.250. The van der Waals surface area contributed by atoms with Gasteiger partial charge in [0.05, 0.1) is 11.5 Å². The van der Waals surface area contributed by atoms with Crippen molar-refractivity contribution < 1.29 is 8.42 Å². The molecule has 0 aliphatic carbocycles. The number of para-hydroxylation sites is 1. The van der Waals surface area contributed by atoms with Crippen molar-refractivity contribution in [2.24, 2.45) is 0 Å². The van der Waals surface area contributed by atoms with Crippen LogP contribution in [0.3, 0.4) is 0 Å². The Morgan fingerprint density at radius 1 is 1.08 bits per heavy atom. The van der Waals surface area contributed by atoms with Gasteiger partial charge in [-0.2, -0.15) is 0 Å². The van der Waals surface area contributed by atoms with Crippen molar-refractivity contribution in [3.05, 3.63) is 30.3 Å². The molecule has 0 aromatic heterocycles. The molecule has 2 N–H and O–H groups in total. The molecule has 1 aromatic carbocycles. The first-order valence-electron chi connectivity index (χ1n) is 3.61. The monoisotopic (exact) mass is 185 g/mol. The minimum atomic E-state index is -2.42. The van der Waals surface area contributed by atoms with Gasteiger partial charge in [0.2, 0.25) is 0 Å². The SMILES string of the molecule is Nc1ccccc1.O=S1(=O)CC1. The van der Waals surface area contributed by atoms with Crippen molar-refractivity contribution in [3.63, 3.8) is 0 Å². The molecular weight excluding hydrogens is 174 g/mol. The van der Waals surface area contributed by atoms with Crippen LogP contribution < -0.4 is 5.73 Å². The number of nitrogens with two attached hydrogens (primary N) is 1. The molecule has 1 aliphatic rings. The average molecular weight is 185 g/mol. The maximum atomic E-state index is 9.74. The minimum Gasteiger partial charge on any atom is -0.399 e. The Morgan fingerprint density at radius 2 is 1.50 bits per heavy atom. The molecule has 0 atom stereocenters. The molecule has 12 heavy (non-hydrogen) atoms. The summed E-state index contributed by atoms with van der Waals surface area (Å²) in [5.74, 6) is 0.847. The summed E-state index contributed by atoms with van der Waals surface area (Å²) in [5, 5.41) is 0. The van der Waals surface area contributed by atoms with Crippen LogP contribution in [-0.4, -0.2) is 19.9 Å². The molecule has 0 unspecified atom stereocenters. The van der Waals surface area contributed by atoms with E-state index in [1.807, 2.05) is 30.3 Å². The number of sulfone groups is 1. The fourth-order valence-electron chi connectivity index (χ4n) is 0.521. The summed E-state index contributed by atoms with van der Waals surface area (Å²) in [7, 11) is -2.42. The third-order valence-electron chi connectivity index (χ3n) is 1.34. The second kappa shape index (κ2) is 3.58. The summed E-state index contributed by atoms with van der Waals surface area (Å²) in [6.07, 6.45) is 0. The highest BCUT2D eigenvalue weighted by atomic mass is 32.2. The van der Waals surface area contributed by atoms with E-state index in [-0.39, 0.29) is 0 Å². The molecule has 1 saturated heterocycles. The van der Waals surface area contributed by atoms with Crippen molar-refractivity contribution in [2.45, 2.75) is 0 Å². The molecule has 1 aromatic rings. The molecule has 2 rings (SSSR count). The van der Waals surface area contributed by atoms with Crippen LogP contribution in [0.15, 0.2) is 30.3 Å². The number of anilines is 1. The highest BCUT2D eigenvalue weighted by Gasteiger charge is 2.25. The van der Waals surface area contributed by atoms with Gasteiger partial charge >= 0.3 is 0 Å². The van der Waals surface area contributed by atoms with Gasteiger partial charge in [0.25, 0.3) is 0 Å². The zero-order chi connectivity index (χ0) is 9.03. The topological polar surface area (TPSA) is 60.2 Å². The molecule has 0 saturated carbocycles. The van der Waals surface area contributed by atoms with Crippen LogP contribution in [-0.2, 0) is 9.84 Å². The zero-order valence-electron chi connectivity index (χ0n) is 6.60. The first-order chi connectivity index (χ1) is 5.60. The molecule has 3 nitrogen and oxygen atoms in total.